The quantitative estimate of drug-likeness (QED) is 0.780. The number of carbonyl (C=O) groups excluding carboxylic acids is 1. The van der Waals surface area contributed by atoms with E-state index < -0.39 is 0 Å². The van der Waals surface area contributed by atoms with E-state index in [1.54, 1.807) is 36.9 Å². The molecule has 2 aromatic rings. The van der Waals surface area contributed by atoms with Gasteiger partial charge in [0.25, 0.3) is 0 Å². The molecule has 2 rings (SSSR count). The lowest BCUT2D eigenvalue weighted by molar-refractivity contribution is 0.0990. The van der Waals surface area contributed by atoms with Crippen molar-refractivity contribution < 1.29 is 9.18 Å². The third-order valence-corrected chi connectivity index (χ3v) is 3.10. The Balaban J connectivity index is 2.31. The van der Waals surface area contributed by atoms with E-state index in [1.165, 1.54) is 6.07 Å². The minimum atomic E-state index is -0.343. The number of hydrogen-bond donors (Lipinski definition) is 0. The topological polar surface area (TPSA) is 34.9 Å². The van der Waals surface area contributed by atoms with Gasteiger partial charge in [-0.05, 0) is 25.5 Å². The molecule has 1 aromatic heterocycles. The molecule has 18 heavy (non-hydrogen) atoms. The largest absolute Gasteiger partial charge is 0.294 e. The molecule has 0 spiro atoms. The number of halogens is 1. The van der Waals surface area contributed by atoms with Crippen LogP contribution in [0.5, 0.6) is 0 Å². The van der Waals surface area contributed by atoms with E-state index >= 15 is 0 Å². The van der Waals surface area contributed by atoms with Gasteiger partial charge in [0.05, 0.1) is 11.3 Å². The van der Waals surface area contributed by atoms with Crippen LogP contribution in [0, 0.1) is 19.7 Å². The Morgan fingerprint density at radius 3 is 2.56 bits per heavy atom. The Labute approximate surface area is 105 Å². The van der Waals surface area contributed by atoms with Gasteiger partial charge in [0.15, 0.2) is 5.78 Å². The highest BCUT2D eigenvalue weighted by atomic mass is 19.1. The molecule has 0 fully saturated rings. The molecule has 0 radical (unpaired) electrons. The summed E-state index contributed by atoms with van der Waals surface area (Å²) in [5.74, 6) is -0.437. The molecule has 0 aliphatic rings. The van der Waals surface area contributed by atoms with E-state index in [0.29, 0.717) is 16.8 Å². The van der Waals surface area contributed by atoms with E-state index in [9.17, 15) is 9.18 Å². The summed E-state index contributed by atoms with van der Waals surface area (Å²) in [5.41, 5.74) is 2.52. The summed E-state index contributed by atoms with van der Waals surface area (Å²) in [7, 11) is 1.79. The fraction of sp³-hybridized carbons (Fsp3) is 0.286. The van der Waals surface area contributed by atoms with Crippen molar-refractivity contribution in [3.8, 4) is 0 Å². The lowest BCUT2D eigenvalue weighted by Crippen LogP contribution is -2.07. The second-order valence-corrected chi connectivity index (χ2v) is 4.36. The minimum Gasteiger partial charge on any atom is -0.294 e. The SMILES string of the molecule is Cc1nn(C)c(C)c1C(=O)Cc1ccccc1F. The van der Waals surface area contributed by atoms with Gasteiger partial charge in [-0.2, -0.15) is 5.10 Å². The molecule has 4 heteroatoms. The fourth-order valence-corrected chi connectivity index (χ4v) is 2.08. The Hall–Kier alpha value is -1.97. The molecular formula is C14H15FN2O. The Morgan fingerprint density at radius 2 is 2.00 bits per heavy atom. The van der Waals surface area contributed by atoms with E-state index in [2.05, 4.69) is 5.10 Å². The zero-order valence-electron chi connectivity index (χ0n) is 10.7. The molecule has 0 aliphatic carbocycles. The van der Waals surface area contributed by atoms with Crippen LogP contribution in [0.15, 0.2) is 24.3 Å². The van der Waals surface area contributed by atoms with E-state index in [0.717, 1.165) is 5.69 Å². The lowest BCUT2D eigenvalue weighted by Gasteiger charge is -2.03. The van der Waals surface area contributed by atoms with Crippen molar-refractivity contribution >= 4 is 5.78 Å². The lowest BCUT2D eigenvalue weighted by atomic mass is 10.0. The summed E-state index contributed by atoms with van der Waals surface area (Å²) < 4.78 is 15.2. The van der Waals surface area contributed by atoms with Gasteiger partial charge in [-0.25, -0.2) is 4.39 Å². The van der Waals surface area contributed by atoms with Crippen molar-refractivity contribution in [3.63, 3.8) is 0 Å². The van der Waals surface area contributed by atoms with Crippen LogP contribution in [0.3, 0.4) is 0 Å². The maximum Gasteiger partial charge on any atom is 0.171 e. The molecule has 0 saturated heterocycles. The molecule has 0 aliphatic heterocycles. The zero-order chi connectivity index (χ0) is 13.3. The molecule has 0 saturated carbocycles. The normalized spacial score (nSPS) is 10.7. The average molecular weight is 246 g/mol. The summed E-state index contributed by atoms with van der Waals surface area (Å²) >= 11 is 0. The first-order chi connectivity index (χ1) is 8.50. The van der Waals surface area contributed by atoms with Gasteiger partial charge in [0, 0.05) is 19.2 Å². The molecule has 0 amide bonds. The average Bonchev–Trinajstić information content (AvgIpc) is 2.56. The van der Waals surface area contributed by atoms with Gasteiger partial charge >= 0.3 is 0 Å². The van der Waals surface area contributed by atoms with Crippen molar-refractivity contribution in [2.24, 2.45) is 7.05 Å². The van der Waals surface area contributed by atoms with Crippen LogP contribution in [-0.2, 0) is 13.5 Å². The maximum atomic E-state index is 13.5. The molecule has 94 valence electrons. The summed E-state index contributed by atoms with van der Waals surface area (Å²) in [6.07, 6.45) is 0.0695. The highest BCUT2D eigenvalue weighted by Crippen LogP contribution is 2.16. The number of rotatable bonds is 3. The number of nitrogens with zero attached hydrogens (tertiary/aromatic N) is 2. The monoisotopic (exact) mass is 246 g/mol. The second-order valence-electron chi connectivity index (χ2n) is 4.36. The van der Waals surface area contributed by atoms with Gasteiger partial charge in [-0.1, -0.05) is 18.2 Å². The highest BCUT2D eigenvalue weighted by Gasteiger charge is 2.18. The number of carbonyl (C=O) groups is 1. The molecule has 1 aromatic carbocycles. The van der Waals surface area contributed by atoms with Crippen LogP contribution < -0.4 is 0 Å². The molecular weight excluding hydrogens is 231 g/mol. The van der Waals surface area contributed by atoms with Crippen molar-refractivity contribution in [2.45, 2.75) is 20.3 Å². The number of aromatic nitrogens is 2. The first-order valence-corrected chi connectivity index (χ1v) is 5.77. The van der Waals surface area contributed by atoms with Crippen molar-refractivity contribution in [2.75, 3.05) is 0 Å². The van der Waals surface area contributed by atoms with Gasteiger partial charge in [0.1, 0.15) is 5.82 Å². The smallest absolute Gasteiger partial charge is 0.171 e. The van der Waals surface area contributed by atoms with Crippen molar-refractivity contribution in [3.05, 3.63) is 52.6 Å². The zero-order valence-corrected chi connectivity index (χ0v) is 10.7. The molecule has 0 N–H and O–H groups in total. The standard InChI is InChI=1S/C14H15FN2O/c1-9-14(10(2)17(3)16-9)13(18)8-11-6-4-5-7-12(11)15/h4-7H,8H2,1-3H3. The molecule has 0 unspecified atom stereocenters. The van der Waals surface area contributed by atoms with E-state index in [1.807, 2.05) is 6.92 Å². The number of benzene rings is 1. The van der Waals surface area contributed by atoms with Crippen LogP contribution in [0.1, 0.15) is 27.3 Å². The summed E-state index contributed by atoms with van der Waals surface area (Å²) in [6.45, 7) is 3.64. The van der Waals surface area contributed by atoms with E-state index in [-0.39, 0.29) is 18.0 Å². The first-order valence-electron chi connectivity index (χ1n) is 5.77. The molecule has 0 atom stereocenters. The number of Topliss-reactive ketones (excluding diaryl/α,β-unsaturated/α-hetero) is 1. The third-order valence-electron chi connectivity index (χ3n) is 3.10. The predicted molar refractivity (Wildman–Crippen MR) is 67.1 cm³/mol. The van der Waals surface area contributed by atoms with Crippen molar-refractivity contribution in [1.82, 2.24) is 9.78 Å². The predicted octanol–water partition coefficient (Wildman–Crippen LogP) is 2.60. The van der Waals surface area contributed by atoms with Gasteiger partial charge < -0.3 is 0 Å². The van der Waals surface area contributed by atoms with Crippen LogP contribution in [0.25, 0.3) is 0 Å². The molecule has 1 heterocycles. The summed E-state index contributed by atoms with van der Waals surface area (Å²) in [4.78, 5) is 12.2. The number of hydrogen-bond acceptors (Lipinski definition) is 2. The summed E-state index contributed by atoms with van der Waals surface area (Å²) in [6, 6.07) is 6.35. The third kappa shape index (κ3) is 2.18. The van der Waals surface area contributed by atoms with Gasteiger partial charge in [-0.15, -0.1) is 0 Å². The maximum absolute atomic E-state index is 13.5. The molecule has 0 bridgehead atoms. The van der Waals surface area contributed by atoms with Gasteiger partial charge in [0.2, 0.25) is 0 Å². The van der Waals surface area contributed by atoms with E-state index in [4.69, 9.17) is 0 Å². The Bertz CT molecular complexity index is 602. The van der Waals surface area contributed by atoms with Crippen LogP contribution >= 0.6 is 0 Å². The Kier molecular flexibility index (Phi) is 3.28. The molecule has 3 nitrogen and oxygen atoms in total. The fourth-order valence-electron chi connectivity index (χ4n) is 2.08. The first kappa shape index (κ1) is 12.5. The number of aryl methyl sites for hydroxylation is 2. The second kappa shape index (κ2) is 4.72. The van der Waals surface area contributed by atoms with Crippen LogP contribution in [0.2, 0.25) is 0 Å². The Morgan fingerprint density at radius 1 is 1.33 bits per heavy atom. The number of ketones is 1. The minimum absolute atomic E-state index is 0.0695. The highest BCUT2D eigenvalue weighted by molar-refractivity contribution is 5.99. The van der Waals surface area contributed by atoms with Gasteiger partial charge in [-0.3, -0.25) is 9.48 Å². The van der Waals surface area contributed by atoms with Crippen LogP contribution in [-0.4, -0.2) is 15.6 Å². The van der Waals surface area contributed by atoms with Crippen LogP contribution in [0.4, 0.5) is 4.39 Å². The summed E-state index contributed by atoms with van der Waals surface area (Å²) in [5, 5.41) is 4.20. The van der Waals surface area contributed by atoms with Crippen molar-refractivity contribution in [1.29, 1.82) is 0 Å².